The van der Waals surface area contributed by atoms with Crippen LogP contribution in [0.2, 0.25) is 0 Å². The fourth-order valence-corrected chi connectivity index (χ4v) is 2.70. The Balaban J connectivity index is 1.42. The maximum Gasteiger partial charge on any atom is 0.257 e. The van der Waals surface area contributed by atoms with Crippen molar-refractivity contribution in [3.8, 4) is 5.75 Å². The largest absolute Gasteiger partial charge is 0.490 e. The van der Waals surface area contributed by atoms with E-state index in [4.69, 9.17) is 9.15 Å². The second kappa shape index (κ2) is 7.83. The fourth-order valence-electron chi connectivity index (χ4n) is 2.70. The number of carbonyl (C=O) groups excluding carboxylic acids is 2. The first kappa shape index (κ1) is 17.0. The van der Waals surface area contributed by atoms with Crippen LogP contribution in [0.15, 0.2) is 47.3 Å². The van der Waals surface area contributed by atoms with Crippen LogP contribution in [0.25, 0.3) is 0 Å². The average molecular weight is 346 g/mol. The molecule has 2 heterocycles. The van der Waals surface area contributed by atoms with Crippen LogP contribution in [0.5, 0.6) is 5.75 Å². The first-order valence-electron chi connectivity index (χ1n) is 8.12. The zero-order valence-electron chi connectivity index (χ0n) is 13.7. The van der Waals surface area contributed by atoms with Crippen LogP contribution in [-0.2, 0) is 4.79 Å². The summed E-state index contributed by atoms with van der Waals surface area (Å²) in [5.74, 6) is -0.456. The fraction of sp³-hybridized carbons (Fsp3) is 0.333. The Bertz CT molecular complexity index is 724. The Hall–Kier alpha value is -2.83. The van der Waals surface area contributed by atoms with Gasteiger partial charge in [-0.1, -0.05) is 12.1 Å². The van der Waals surface area contributed by atoms with Crippen molar-refractivity contribution >= 4 is 11.8 Å². The van der Waals surface area contributed by atoms with E-state index in [1.165, 1.54) is 24.7 Å². The SMILES string of the molecule is O=C(CCOc1ccccc1F)N1CCN(C(=O)c2ccoc2)CC1. The summed E-state index contributed by atoms with van der Waals surface area (Å²) in [4.78, 5) is 27.8. The van der Waals surface area contributed by atoms with Crippen LogP contribution in [0, 0.1) is 5.82 Å². The molecule has 1 fully saturated rings. The first-order chi connectivity index (χ1) is 12.1. The van der Waals surface area contributed by atoms with Crippen molar-refractivity contribution in [3.05, 3.63) is 54.2 Å². The van der Waals surface area contributed by atoms with Gasteiger partial charge in [0, 0.05) is 26.2 Å². The van der Waals surface area contributed by atoms with E-state index in [0.29, 0.717) is 31.7 Å². The van der Waals surface area contributed by atoms with Gasteiger partial charge in [-0.05, 0) is 18.2 Å². The van der Waals surface area contributed by atoms with Gasteiger partial charge in [-0.3, -0.25) is 9.59 Å². The number of amides is 2. The number of nitrogens with zero attached hydrogens (tertiary/aromatic N) is 2. The predicted octanol–water partition coefficient (Wildman–Crippen LogP) is 2.17. The third-order valence-electron chi connectivity index (χ3n) is 4.10. The molecule has 1 aliphatic heterocycles. The molecular formula is C18H19FN2O4. The molecule has 132 valence electrons. The van der Waals surface area contributed by atoms with Crippen molar-refractivity contribution in [3.63, 3.8) is 0 Å². The molecule has 3 rings (SSSR count). The van der Waals surface area contributed by atoms with Crippen LogP contribution in [0.3, 0.4) is 0 Å². The van der Waals surface area contributed by atoms with E-state index in [2.05, 4.69) is 0 Å². The van der Waals surface area contributed by atoms with Crippen molar-refractivity contribution in [2.24, 2.45) is 0 Å². The lowest BCUT2D eigenvalue weighted by Crippen LogP contribution is -2.50. The molecule has 2 aromatic rings. The number of carbonyl (C=O) groups is 2. The average Bonchev–Trinajstić information content (AvgIpc) is 3.17. The second-order valence-electron chi connectivity index (χ2n) is 5.71. The summed E-state index contributed by atoms with van der Waals surface area (Å²) < 4.78 is 23.7. The van der Waals surface area contributed by atoms with Gasteiger partial charge in [0.05, 0.1) is 24.9 Å². The maximum atomic E-state index is 13.4. The zero-order valence-corrected chi connectivity index (χ0v) is 13.7. The quantitative estimate of drug-likeness (QED) is 0.832. The van der Waals surface area contributed by atoms with Crippen LogP contribution in [0.4, 0.5) is 4.39 Å². The molecule has 0 radical (unpaired) electrons. The van der Waals surface area contributed by atoms with Gasteiger partial charge in [0.25, 0.3) is 5.91 Å². The zero-order chi connectivity index (χ0) is 17.6. The Morgan fingerprint density at radius 3 is 2.48 bits per heavy atom. The van der Waals surface area contributed by atoms with E-state index in [9.17, 15) is 14.0 Å². The van der Waals surface area contributed by atoms with Gasteiger partial charge in [-0.2, -0.15) is 0 Å². The van der Waals surface area contributed by atoms with Gasteiger partial charge in [0.1, 0.15) is 6.26 Å². The molecule has 2 amide bonds. The molecule has 0 aliphatic carbocycles. The summed E-state index contributed by atoms with van der Waals surface area (Å²) in [7, 11) is 0. The summed E-state index contributed by atoms with van der Waals surface area (Å²) in [6, 6.07) is 7.72. The molecule has 7 heteroatoms. The third kappa shape index (κ3) is 4.17. The van der Waals surface area contributed by atoms with E-state index in [1.807, 2.05) is 0 Å². The summed E-state index contributed by atoms with van der Waals surface area (Å²) in [6.45, 7) is 2.02. The molecule has 1 aromatic heterocycles. The number of hydrogen-bond donors (Lipinski definition) is 0. The molecule has 6 nitrogen and oxygen atoms in total. The number of piperazine rings is 1. The second-order valence-corrected chi connectivity index (χ2v) is 5.71. The number of para-hydroxylation sites is 1. The number of ether oxygens (including phenoxy) is 1. The maximum absolute atomic E-state index is 13.4. The molecule has 25 heavy (non-hydrogen) atoms. The minimum Gasteiger partial charge on any atom is -0.490 e. The number of rotatable bonds is 5. The van der Waals surface area contributed by atoms with E-state index in [-0.39, 0.29) is 30.6 Å². The summed E-state index contributed by atoms with van der Waals surface area (Å²) >= 11 is 0. The molecule has 0 atom stereocenters. The molecule has 1 aromatic carbocycles. The number of halogens is 1. The van der Waals surface area contributed by atoms with Crippen LogP contribution in [0.1, 0.15) is 16.8 Å². The standard InChI is InChI=1S/C18H19FN2O4/c19-15-3-1-2-4-16(15)25-12-6-17(22)20-7-9-21(10-8-20)18(23)14-5-11-24-13-14/h1-5,11,13H,6-10,12H2. The van der Waals surface area contributed by atoms with Gasteiger partial charge in [0.2, 0.25) is 5.91 Å². The van der Waals surface area contributed by atoms with Crippen molar-refractivity contribution in [1.82, 2.24) is 9.80 Å². The van der Waals surface area contributed by atoms with Crippen LogP contribution < -0.4 is 4.74 Å². The lowest BCUT2D eigenvalue weighted by atomic mass is 10.2. The molecule has 1 aliphatic rings. The van der Waals surface area contributed by atoms with Crippen molar-refractivity contribution in [1.29, 1.82) is 0 Å². The highest BCUT2D eigenvalue weighted by Crippen LogP contribution is 2.16. The highest BCUT2D eigenvalue weighted by atomic mass is 19.1. The van der Waals surface area contributed by atoms with E-state index in [0.717, 1.165) is 0 Å². The number of hydrogen-bond acceptors (Lipinski definition) is 4. The predicted molar refractivity (Wildman–Crippen MR) is 87.7 cm³/mol. The Kier molecular flexibility index (Phi) is 5.33. The summed E-state index contributed by atoms with van der Waals surface area (Å²) in [5, 5.41) is 0. The highest BCUT2D eigenvalue weighted by molar-refractivity contribution is 5.94. The van der Waals surface area contributed by atoms with Gasteiger partial charge < -0.3 is 19.0 Å². The van der Waals surface area contributed by atoms with E-state index < -0.39 is 5.82 Å². The molecule has 0 spiro atoms. The minimum atomic E-state index is -0.443. The summed E-state index contributed by atoms with van der Waals surface area (Å²) in [5.41, 5.74) is 0.512. The monoisotopic (exact) mass is 346 g/mol. The van der Waals surface area contributed by atoms with Crippen molar-refractivity contribution in [2.45, 2.75) is 6.42 Å². The lowest BCUT2D eigenvalue weighted by Gasteiger charge is -2.34. The van der Waals surface area contributed by atoms with Gasteiger partial charge >= 0.3 is 0 Å². The van der Waals surface area contributed by atoms with E-state index >= 15 is 0 Å². The normalized spacial score (nSPS) is 14.4. The van der Waals surface area contributed by atoms with Crippen molar-refractivity contribution in [2.75, 3.05) is 32.8 Å². The molecule has 0 saturated carbocycles. The Morgan fingerprint density at radius 1 is 1.08 bits per heavy atom. The lowest BCUT2D eigenvalue weighted by molar-refractivity contribution is -0.133. The summed E-state index contributed by atoms with van der Waals surface area (Å²) in [6.07, 6.45) is 3.05. The van der Waals surface area contributed by atoms with Crippen LogP contribution >= 0.6 is 0 Å². The smallest absolute Gasteiger partial charge is 0.257 e. The van der Waals surface area contributed by atoms with Gasteiger partial charge in [-0.15, -0.1) is 0 Å². The number of benzene rings is 1. The molecule has 1 saturated heterocycles. The van der Waals surface area contributed by atoms with Gasteiger partial charge in [0.15, 0.2) is 11.6 Å². The molecule has 0 unspecified atom stereocenters. The Morgan fingerprint density at radius 2 is 1.80 bits per heavy atom. The van der Waals surface area contributed by atoms with Crippen molar-refractivity contribution < 1.29 is 23.1 Å². The van der Waals surface area contributed by atoms with Gasteiger partial charge in [-0.25, -0.2) is 4.39 Å². The highest BCUT2D eigenvalue weighted by Gasteiger charge is 2.25. The van der Waals surface area contributed by atoms with Crippen LogP contribution in [-0.4, -0.2) is 54.4 Å². The minimum absolute atomic E-state index is 0.0632. The van der Waals surface area contributed by atoms with E-state index in [1.54, 1.807) is 28.0 Å². The number of furan rings is 1. The molecule has 0 N–H and O–H groups in total. The first-order valence-corrected chi connectivity index (χ1v) is 8.12. The molecule has 0 bridgehead atoms. The topological polar surface area (TPSA) is 63.0 Å². The Labute approximate surface area is 144 Å². The molecular weight excluding hydrogens is 327 g/mol. The third-order valence-corrected chi connectivity index (χ3v) is 4.10.